The Hall–Kier alpha value is -1.85. The van der Waals surface area contributed by atoms with Crippen LogP contribution in [0.25, 0.3) is 0 Å². The molecule has 0 rings (SSSR count). The molecule has 0 radical (unpaired) electrons. The van der Waals surface area contributed by atoms with Crippen molar-refractivity contribution in [2.75, 3.05) is 13.2 Å². The number of unbranched alkanes of at least 4 members (excludes halogenated alkanes) is 41. The van der Waals surface area contributed by atoms with E-state index in [1.807, 2.05) is 0 Å². The van der Waals surface area contributed by atoms with E-state index in [9.17, 15) is 14.4 Å². The highest BCUT2D eigenvalue weighted by Gasteiger charge is 2.19. The highest BCUT2D eigenvalue weighted by Crippen LogP contribution is 2.18. The van der Waals surface area contributed by atoms with E-state index in [-0.39, 0.29) is 31.1 Å². The summed E-state index contributed by atoms with van der Waals surface area (Å²) in [4.78, 5) is 38.1. The molecular formula is C59H112O6. The van der Waals surface area contributed by atoms with Gasteiger partial charge in [-0.05, 0) is 38.5 Å². The summed E-state index contributed by atoms with van der Waals surface area (Å²) in [6, 6.07) is 0. The van der Waals surface area contributed by atoms with E-state index >= 15 is 0 Å². The molecule has 1 atom stereocenters. The Morgan fingerprint density at radius 3 is 0.831 bits per heavy atom. The maximum absolute atomic E-state index is 12.8. The van der Waals surface area contributed by atoms with Crippen molar-refractivity contribution < 1.29 is 28.6 Å². The fourth-order valence-electron chi connectivity index (χ4n) is 8.86. The number of esters is 3. The zero-order chi connectivity index (χ0) is 47.2. The van der Waals surface area contributed by atoms with Crippen molar-refractivity contribution in [3.8, 4) is 0 Å². The lowest BCUT2D eigenvalue weighted by Crippen LogP contribution is -2.30. The van der Waals surface area contributed by atoms with Crippen LogP contribution in [0, 0.1) is 0 Å². The van der Waals surface area contributed by atoms with Gasteiger partial charge in [0.2, 0.25) is 0 Å². The number of hydrogen-bond donors (Lipinski definition) is 0. The molecule has 6 heteroatoms. The SMILES string of the molecule is CCC/C=C\CCCCCCCC(=O)OCC(COC(=O)CCCCCCCCCCCCCCCCCCCCC)OC(=O)CCCCCCCCCCCCCCCCCCCC. The van der Waals surface area contributed by atoms with Crippen LogP contribution in [0.2, 0.25) is 0 Å². The summed E-state index contributed by atoms with van der Waals surface area (Å²) >= 11 is 0. The molecule has 0 N–H and O–H groups in total. The molecule has 0 aromatic rings. The molecule has 0 bridgehead atoms. The molecule has 0 heterocycles. The molecular weight excluding hydrogens is 805 g/mol. The molecule has 0 amide bonds. The summed E-state index contributed by atoms with van der Waals surface area (Å²) in [5, 5.41) is 0. The van der Waals surface area contributed by atoms with Crippen molar-refractivity contribution in [2.45, 2.75) is 335 Å². The van der Waals surface area contributed by atoms with Crippen molar-refractivity contribution >= 4 is 17.9 Å². The molecule has 0 saturated heterocycles. The fraction of sp³-hybridized carbons (Fsp3) is 0.915. The molecule has 0 aromatic carbocycles. The molecule has 0 aromatic heterocycles. The first-order valence-corrected chi connectivity index (χ1v) is 29.2. The van der Waals surface area contributed by atoms with Gasteiger partial charge in [-0.2, -0.15) is 0 Å². The molecule has 384 valence electrons. The number of ether oxygens (including phenoxy) is 3. The van der Waals surface area contributed by atoms with Gasteiger partial charge >= 0.3 is 17.9 Å². The smallest absolute Gasteiger partial charge is 0.306 e. The van der Waals surface area contributed by atoms with E-state index in [4.69, 9.17) is 14.2 Å². The van der Waals surface area contributed by atoms with Crippen molar-refractivity contribution in [3.63, 3.8) is 0 Å². The molecule has 0 saturated carbocycles. The number of rotatable bonds is 54. The first-order chi connectivity index (χ1) is 32.0. The third-order valence-corrected chi connectivity index (χ3v) is 13.3. The van der Waals surface area contributed by atoms with E-state index < -0.39 is 6.10 Å². The van der Waals surface area contributed by atoms with Crippen LogP contribution < -0.4 is 0 Å². The average Bonchev–Trinajstić information content (AvgIpc) is 3.30. The summed E-state index contributed by atoms with van der Waals surface area (Å²) in [5.41, 5.74) is 0. The minimum Gasteiger partial charge on any atom is -0.462 e. The average molecular weight is 918 g/mol. The molecule has 6 nitrogen and oxygen atoms in total. The lowest BCUT2D eigenvalue weighted by Gasteiger charge is -2.18. The van der Waals surface area contributed by atoms with Gasteiger partial charge in [-0.1, -0.05) is 283 Å². The molecule has 0 spiro atoms. The van der Waals surface area contributed by atoms with E-state index in [0.29, 0.717) is 19.3 Å². The molecule has 1 unspecified atom stereocenters. The van der Waals surface area contributed by atoms with Crippen LogP contribution in [0.1, 0.15) is 329 Å². The molecule has 65 heavy (non-hydrogen) atoms. The first-order valence-electron chi connectivity index (χ1n) is 29.2. The Balaban J connectivity index is 4.23. The summed E-state index contributed by atoms with van der Waals surface area (Å²) in [6.07, 6.45) is 62.1. The summed E-state index contributed by atoms with van der Waals surface area (Å²) in [6.45, 7) is 6.63. The number of hydrogen-bond acceptors (Lipinski definition) is 6. The van der Waals surface area contributed by atoms with Gasteiger partial charge in [0.25, 0.3) is 0 Å². The maximum Gasteiger partial charge on any atom is 0.306 e. The predicted octanol–water partition coefficient (Wildman–Crippen LogP) is 19.3. The van der Waals surface area contributed by atoms with Crippen LogP contribution in [0.5, 0.6) is 0 Å². The Bertz CT molecular complexity index is 1010. The lowest BCUT2D eigenvalue weighted by molar-refractivity contribution is -0.167. The van der Waals surface area contributed by atoms with Gasteiger partial charge in [-0.3, -0.25) is 14.4 Å². The number of carbonyl (C=O) groups is 3. The van der Waals surface area contributed by atoms with Gasteiger partial charge < -0.3 is 14.2 Å². The summed E-state index contributed by atoms with van der Waals surface area (Å²) in [5.74, 6) is -0.854. The zero-order valence-electron chi connectivity index (χ0n) is 44.0. The Labute approximate surface area is 405 Å². The third kappa shape index (κ3) is 53.0. The minimum absolute atomic E-state index is 0.0667. The number of allylic oxidation sites excluding steroid dienone is 2. The second kappa shape index (κ2) is 54.8. The van der Waals surface area contributed by atoms with E-state index in [1.54, 1.807) is 0 Å². The normalized spacial score (nSPS) is 12.0. The van der Waals surface area contributed by atoms with E-state index in [2.05, 4.69) is 32.9 Å². The van der Waals surface area contributed by atoms with Crippen molar-refractivity contribution in [3.05, 3.63) is 12.2 Å². The molecule has 0 fully saturated rings. The summed E-state index contributed by atoms with van der Waals surface area (Å²) < 4.78 is 16.9. The lowest BCUT2D eigenvalue weighted by atomic mass is 10.0. The largest absolute Gasteiger partial charge is 0.462 e. The minimum atomic E-state index is -0.767. The topological polar surface area (TPSA) is 78.9 Å². The van der Waals surface area contributed by atoms with E-state index in [0.717, 1.165) is 70.6 Å². The van der Waals surface area contributed by atoms with Gasteiger partial charge in [-0.25, -0.2) is 0 Å². The Morgan fingerprint density at radius 1 is 0.292 bits per heavy atom. The Morgan fingerprint density at radius 2 is 0.538 bits per heavy atom. The van der Waals surface area contributed by atoms with Crippen LogP contribution in [0.3, 0.4) is 0 Å². The first kappa shape index (κ1) is 63.1. The van der Waals surface area contributed by atoms with Crippen LogP contribution in [0.4, 0.5) is 0 Å². The molecule has 0 aliphatic rings. The van der Waals surface area contributed by atoms with Crippen LogP contribution in [-0.2, 0) is 28.6 Å². The summed E-state index contributed by atoms with van der Waals surface area (Å²) in [7, 11) is 0. The number of carbonyl (C=O) groups excluding carboxylic acids is 3. The maximum atomic E-state index is 12.8. The second-order valence-corrected chi connectivity index (χ2v) is 19.9. The molecule has 0 aliphatic carbocycles. The Kier molecular flexibility index (Phi) is 53.2. The van der Waals surface area contributed by atoms with E-state index in [1.165, 1.54) is 218 Å². The van der Waals surface area contributed by atoms with Crippen molar-refractivity contribution in [2.24, 2.45) is 0 Å². The standard InChI is InChI=1S/C59H112O6/c1-4-7-10-13-16-19-22-24-26-28-30-32-33-35-37-40-43-46-49-52-58(61)64-55-56(54-63-57(60)51-48-45-42-39-21-18-15-12-9-6-3)65-59(62)53-50-47-44-41-38-36-34-31-29-27-25-23-20-17-14-11-8-5-2/h12,15,56H,4-11,13-14,16-55H2,1-3H3/b15-12-. The van der Waals surface area contributed by atoms with Gasteiger partial charge in [0.05, 0.1) is 0 Å². The monoisotopic (exact) mass is 917 g/mol. The van der Waals surface area contributed by atoms with Crippen LogP contribution in [-0.4, -0.2) is 37.2 Å². The van der Waals surface area contributed by atoms with Gasteiger partial charge in [0.1, 0.15) is 13.2 Å². The predicted molar refractivity (Wildman–Crippen MR) is 280 cm³/mol. The van der Waals surface area contributed by atoms with Gasteiger partial charge in [-0.15, -0.1) is 0 Å². The van der Waals surface area contributed by atoms with Crippen molar-refractivity contribution in [1.29, 1.82) is 0 Å². The highest BCUT2D eigenvalue weighted by atomic mass is 16.6. The fourth-order valence-corrected chi connectivity index (χ4v) is 8.86. The zero-order valence-corrected chi connectivity index (χ0v) is 44.0. The van der Waals surface area contributed by atoms with Gasteiger partial charge in [0.15, 0.2) is 6.10 Å². The quantitative estimate of drug-likeness (QED) is 0.0262. The van der Waals surface area contributed by atoms with Crippen LogP contribution >= 0.6 is 0 Å². The third-order valence-electron chi connectivity index (χ3n) is 13.3. The van der Waals surface area contributed by atoms with Crippen molar-refractivity contribution in [1.82, 2.24) is 0 Å². The highest BCUT2D eigenvalue weighted by molar-refractivity contribution is 5.71. The second-order valence-electron chi connectivity index (χ2n) is 19.9. The molecule has 0 aliphatic heterocycles. The van der Waals surface area contributed by atoms with Gasteiger partial charge in [0, 0.05) is 19.3 Å². The van der Waals surface area contributed by atoms with Crippen LogP contribution in [0.15, 0.2) is 12.2 Å².